The zero-order chi connectivity index (χ0) is 67.4. The van der Waals surface area contributed by atoms with Crippen LogP contribution in [0.5, 0.6) is 0 Å². The SMILES string of the molecule is C=C(O)CN1CCN(CC(=O)O)CCN(CC(=O)NCCOCCCOCCCOCCCOCCCOCCCOCCCOCCCOCCCOCCCOCCOCCCC(=O)CCCC(=O)CCc2ccc(-c3nncnn3)cc2)CCN(CC(=O)O)CC1. The summed E-state index contributed by atoms with van der Waals surface area (Å²) in [5.41, 5.74) is 1.87. The third-order valence-electron chi connectivity index (χ3n) is 14.5. The Hall–Kier alpha value is -5.15. The lowest BCUT2D eigenvalue weighted by molar-refractivity contribution is -0.139. The number of aliphatic carboxylic acids is 2. The number of aryl methyl sites for hydroxylation is 1. The number of carboxylic acid groups (broad SMARTS) is 2. The topological polar surface area (TPSA) is 324 Å². The van der Waals surface area contributed by atoms with Crippen molar-refractivity contribution in [3.8, 4) is 11.4 Å². The molecule has 1 fully saturated rings. The molecular weight excluding hydrogens is 1220 g/mol. The van der Waals surface area contributed by atoms with Crippen LogP contribution >= 0.6 is 0 Å². The number of aliphatic hydroxyl groups excluding tert-OH is 1. The van der Waals surface area contributed by atoms with Crippen LogP contribution in [0.3, 0.4) is 0 Å². The number of hydrogen-bond acceptors (Lipinski definition) is 25. The van der Waals surface area contributed by atoms with E-state index in [1.165, 1.54) is 6.33 Å². The summed E-state index contributed by atoms with van der Waals surface area (Å²) in [6.07, 6.45) is 12.3. The van der Waals surface area contributed by atoms with E-state index in [1.54, 1.807) is 9.80 Å². The predicted octanol–water partition coefficient (Wildman–Crippen LogP) is 4.23. The first kappa shape index (κ1) is 83.1. The van der Waals surface area contributed by atoms with E-state index in [9.17, 15) is 39.3 Å². The van der Waals surface area contributed by atoms with E-state index in [4.69, 9.17) is 52.1 Å². The Morgan fingerprint density at radius 2 is 0.691 bits per heavy atom. The highest BCUT2D eigenvalue weighted by atomic mass is 16.5. The van der Waals surface area contributed by atoms with Crippen molar-refractivity contribution in [3.05, 3.63) is 48.5 Å². The molecule has 94 heavy (non-hydrogen) atoms. The molecule has 1 aromatic carbocycles. The molecule has 1 amide bonds. The highest BCUT2D eigenvalue weighted by molar-refractivity contribution is 5.81. The molecule has 1 aliphatic heterocycles. The second-order valence-corrected chi connectivity index (χ2v) is 22.8. The number of aromatic nitrogens is 4. The van der Waals surface area contributed by atoms with Crippen LogP contribution < -0.4 is 5.32 Å². The smallest absolute Gasteiger partial charge is 0.317 e. The molecule has 4 N–H and O–H groups in total. The van der Waals surface area contributed by atoms with Crippen molar-refractivity contribution in [1.82, 2.24) is 45.3 Å². The maximum Gasteiger partial charge on any atom is 0.317 e. The number of carbonyl (C=O) groups is 5. The first-order valence-corrected chi connectivity index (χ1v) is 33.9. The van der Waals surface area contributed by atoms with Crippen LogP contribution in [0.25, 0.3) is 11.4 Å². The zero-order valence-electron chi connectivity index (χ0n) is 56.1. The lowest BCUT2D eigenvalue weighted by Crippen LogP contribution is -2.49. The molecule has 0 saturated carbocycles. The monoisotopic (exact) mass is 1340 g/mol. The summed E-state index contributed by atoms with van der Waals surface area (Å²) in [6.45, 7) is 20.5. The summed E-state index contributed by atoms with van der Waals surface area (Å²) in [5.74, 6) is -1.35. The van der Waals surface area contributed by atoms with Gasteiger partial charge in [-0.3, -0.25) is 43.6 Å². The molecule has 0 aliphatic carbocycles. The highest BCUT2D eigenvalue weighted by Crippen LogP contribution is 2.16. The van der Waals surface area contributed by atoms with Crippen LogP contribution in [0.2, 0.25) is 0 Å². The molecule has 536 valence electrons. The Kier molecular flexibility index (Phi) is 52.3. The highest BCUT2D eigenvalue weighted by Gasteiger charge is 2.21. The first-order chi connectivity index (χ1) is 46.0. The number of hydrogen-bond donors (Lipinski definition) is 4. The van der Waals surface area contributed by atoms with Crippen molar-refractivity contribution < 1.29 is 91.4 Å². The van der Waals surface area contributed by atoms with Crippen LogP contribution in [0.1, 0.15) is 102 Å². The maximum absolute atomic E-state index is 12.9. The number of carbonyl (C=O) groups excluding carboxylic acids is 3. The summed E-state index contributed by atoms with van der Waals surface area (Å²) < 4.78 is 62.5. The Bertz CT molecular complexity index is 2180. The molecule has 3 rings (SSSR count). The van der Waals surface area contributed by atoms with Crippen molar-refractivity contribution >= 4 is 29.4 Å². The van der Waals surface area contributed by atoms with Crippen molar-refractivity contribution in [2.75, 3.05) is 230 Å². The van der Waals surface area contributed by atoms with Gasteiger partial charge in [-0.15, -0.1) is 20.4 Å². The van der Waals surface area contributed by atoms with E-state index >= 15 is 0 Å². The number of benzene rings is 1. The molecule has 1 aromatic heterocycles. The molecule has 0 unspecified atom stereocenters. The van der Waals surface area contributed by atoms with Crippen LogP contribution in [-0.4, -0.2) is 315 Å². The largest absolute Gasteiger partial charge is 0.512 e. The van der Waals surface area contributed by atoms with E-state index < -0.39 is 11.9 Å². The van der Waals surface area contributed by atoms with E-state index in [0.29, 0.717) is 255 Å². The van der Waals surface area contributed by atoms with Gasteiger partial charge in [0, 0.05) is 216 Å². The fourth-order valence-electron chi connectivity index (χ4n) is 9.51. The number of nitrogens with zero attached hydrogens (tertiary/aromatic N) is 8. The number of aliphatic hydroxyl groups is 1. The van der Waals surface area contributed by atoms with Crippen LogP contribution in [-0.2, 0) is 82.5 Å². The number of nitrogens with one attached hydrogen (secondary N) is 1. The summed E-state index contributed by atoms with van der Waals surface area (Å²) in [5, 5.41) is 47.0. The fourth-order valence-corrected chi connectivity index (χ4v) is 9.51. The quantitative estimate of drug-likeness (QED) is 0.0532. The van der Waals surface area contributed by atoms with E-state index in [1.807, 2.05) is 34.1 Å². The average molecular weight is 1340 g/mol. The predicted molar refractivity (Wildman–Crippen MR) is 351 cm³/mol. The summed E-state index contributed by atoms with van der Waals surface area (Å²) in [7, 11) is 0. The van der Waals surface area contributed by atoms with Gasteiger partial charge in [0.2, 0.25) is 11.7 Å². The molecule has 2 aromatic rings. The molecule has 1 aliphatic rings. The second-order valence-electron chi connectivity index (χ2n) is 22.8. The van der Waals surface area contributed by atoms with Gasteiger partial charge in [0.15, 0.2) is 6.33 Å². The molecule has 2 heterocycles. The Morgan fingerprint density at radius 1 is 0.383 bits per heavy atom. The van der Waals surface area contributed by atoms with Crippen LogP contribution in [0, 0.1) is 0 Å². The van der Waals surface area contributed by atoms with Crippen LogP contribution in [0.4, 0.5) is 0 Å². The molecule has 0 spiro atoms. The van der Waals surface area contributed by atoms with Gasteiger partial charge < -0.3 is 72.7 Å². The Balaban J connectivity index is 0.941. The number of Topliss-reactive ketones (excluding diaryl/α,β-unsaturated/α-hetero) is 2. The van der Waals surface area contributed by atoms with Crippen molar-refractivity contribution in [2.45, 2.75) is 103 Å². The third-order valence-corrected chi connectivity index (χ3v) is 14.5. The fraction of sp³-hybridized carbons (Fsp3) is 0.773. The lowest BCUT2D eigenvalue weighted by atomic mass is 10.0. The standard InChI is InChI=1S/C66H113N9O19/c1-58(76)53-72-23-27-74(55-64(80)81)29-25-73(26-30-75(28-24-72)56-65(82)83)54-63(79)67-22-50-92-48-11-46-90-44-9-42-88-40-7-38-86-36-5-34-84-32-4-33-85-35-6-37-87-39-8-41-89-43-10-45-91-47-12-49-94-52-51-93-31-3-15-61(77)13-2-14-62(78)21-18-59-16-19-60(20-17-59)66-70-68-57-69-71-66/h16-17,19-20,57,76H,1-15,18,21-56H2,(H,67,79)(H,80,81)(H,82,83). The van der Waals surface area contributed by atoms with E-state index in [-0.39, 0.29) is 49.4 Å². The molecule has 28 nitrogen and oxygen atoms in total. The van der Waals surface area contributed by atoms with Gasteiger partial charge in [-0.2, -0.15) is 0 Å². The minimum absolute atomic E-state index is 0.0180. The summed E-state index contributed by atoms with van der Waals surface area (Å²) >= 11 is 0. The molecule has 0 bridgehead atoms. The van der Waals surface area contributed by atoms with Gasteiger partial charge in [0.1, 0.15) is 11.6 Å². The molecule has 1 saturated heterocycles. The van der Waals surface area contributed by atoms with Crippen LogP contribution in [0.15, 0.2) is 42.9 Å². The normalized spacial score (nSPS) is 14.0. The number of ether oxygens (including phenoxy) is 11. The average Bonchev–Trinajstić information content (AvgIpc) is 1.26. The lowest BCUT2D eigenvalue weighted by Gasteiger charge is -2.33. The summed E-state index contributed by atoms with van der Waals surface area (Å²) in [4.78, 5) is 68.1. The summed E-state index contributed by atoms with van der Waals surface area (Å²) in [6, 6.07) is 7.70. The number of ketones is 2. The van der Waals surface area contributed by atoms with E-state index in [0.717, 1.165) is 68.9 Å². The van der Waals surface area contributed by atoms with Gasteiger partial charge >= 0.3 is 11.9 Å². The Morgan fingerprint density at radius 3 is 1.05 bits per heavy atom. The minimum Gasteiger partial charge on any atom is -0.512 e. The molecule has 0 radical (unpaired) electrons. The van der Waals surface area contributed by atoms with Crippen molar-refractivity contribution in [1.29, 1.82) is 0 Å². The van der Waals surface area contributed by atoms with Gasteiger partial charge in [-0.05, 0) is 82.6 Å². The first-order valence-electron chi connectivity index (χ1n) is 33.9. The second kappa shape index (κ2) is 59.1. The molecule has 28 heteroatoms. The van der Waals surface area contributed by atoms with Gasteiger partial charge in [0.05, 0.1) is 51.8 Å². The Labute approximate surface area is 557 Å². The number of rotatable bonds is 62. The molecule has 0 atom stereocenters. The van der Waals surface area contributed by atoms with Crippen molar-refractivity contribution in [2.24, 2.45) is 0 Å². The number of carboxylic acids is 2. The van der Waals surface area contributed by atoms with Gasteiger partial charge in [0.25, 0.3) is 0 Å². The molecular formula is C66H113N9O19. The van der Waals surface area contributed by atoms with E-state index in [2.05, 4.69) is 32.3 Å². The third kappa shape index (κ3) is 50.3. The maximum atomic E-state index is 12.9. The zero-order valence-corrected chi connectivity index (χ0v) is 56.1. The minimum atomic E-state index is -0.957. The van der Waals surface area contributed by atoms with Gasteiger partial charge in [-0.1, -0.05) is 30.8 Å². The van der Waals surface area contributed by atoms with Gasteiger partial charge in [-0.25, -0.2) is 0 Å². The van der Waals surface area contributed by atoms with Crippen molar-refractivity contribution in [3.63, 3.8) is 0 Å². The number of amides is 1.